The molecule has 0 saturated carbocycles. The van der Waals surface area contributed by atoms with Gasteiger partial charge in [-0.05, 0) is 38.5 Å². The second kappa shape index (κ2) is 9.07. The van der Waals surface area contributed by atoms with Crippen LogP contribution in [0.5, 0.6) is 0 Å². The third-order valence-corrected chi connectivity index (χ3v) is 7.53. The van der Waals surface area contributed by atoms with E-state index in [-0.39, 0.29) is 11.9 Å². The minimum Gasteiger partial charge on any atom is -0.347 e. The van der Waals surface area contributed by atoms with Gasteiger partial charge in [-0.15, -0.1) is 0 Å². The molecule has 2 aromatic rings. The van der Waals surface area contributed by atoms with Gasteiger partial charge in [-0.25, -0.2) is 8.42 Å². The minimum absolute atomic E-state index is 0.00424. The number of hydrogen-bond donors (Lipinski definition) is 2. The molecule has 1 amide bonds. The van der Waals surface area contributed by atoms with Gasteiger partial charge in [0, 0.05) is 6.54 Å². The predicted octanol–water partition coefficient (Wildman–Crippen LogP) is 0.898. The van der Waals surface area contributed by atoms with Gasteiger partial charge >= 0.3 is 0 Å². The van der Waals surface area contributed by atoms with Crippen LogP contribution in [-0.2, 0) is 21.4 Å². The lowest BCUT2D eigenvalue weighted by atomic mass is 10.1. The van der Waals surface area contributed by atoms with Crippen LogP contribution in [0.1, 0.15) is 23.6 Å². The number of carbonyl (C=O) groups excluding carboxylic acids is 1. The Morgan fingerprint density at radius 2 is 1.52 bits per heavy atom. The molecule has 0 unspecified atom stereocenters. The highest BCUT2D eigenvalue weighted by atomic mass is 32.2. The van der Waals surface area contributed by atoms with Crippen LogP contribution >= 0.6 is 0 Å². The van der Waals surface area contributed by atoms with Crippen molar-refractivity contribution in [2.75, 3.05) is 26.2 Å². The van der Waals surface area contributed by atoms with E-state index in [2.05, 4.69) is 5.32 Å². The fourth-order valence-electron chi connectivity index (χ4n) is 3.54. The molecule has 2 N–H and O–H groups in total. The number of amides is 1. The molecular formula is C22H30N3O3S+. The van der Waals surface area contributed by atoms with Crippen molar-refractivity contribution < 1.29 is 18.1 Å². The van der Waals surface area contributed by atoms with Crippen molar-refractivity contribution >= 4 is 15.9 Å². The molecular weight excluding hydrogens is 386 g/mol. The Bertz CT molecular complexity index is 932. The standard InChI is InChI=1S/C22H29N3O3S/c1-17-4-8-20(9-5-17)16-23-22(26)19(3)24-12-14-25(15-13-24)29(27,28)21-10-6-18(2)7-11-21/h4-11,19H,12-16H2,1-3H3,(H,23,26)/p+1/t19-/m1/s1. The Kier molecular flexibility index (Phi) is 6.72. The Morgan fingerprint density at radius 1 is 1.00 bits per heavy atom. The van der Waals surface area contributed by atoms with Crippen molar-refractivity contribution in [2.24, 2.45) is 0 Å². The number of rotatable bonds is 6. The Balaban J connectivity index is 1.53. The summed E-state index contributed by atoms with van der Waals surface area (Å²) in [5.41, 5.74) is 3.29. The maximum absolute atomic E-state index is 12.8. The third-order valence-electron chi connectivity index (χ3n) is 5.62. The summed E-state index contributed by atoms with van der Waals surface area (Å²) >= 11 is 0. The van der Waals surface area contributed by atoms with Gasteiger partial charge in [0.1, 0.15) is 0 Å². The van der Waals surface area contributed by atoms with Crippen molar-refractivity contribution in [1.82, 2.24) is 9.62 Å². The summed E-state index contributed by atoms with van der Waals surface area (Å²) in [6.07, 6.45) is 0. The average Bonchev–Trinajstić information content (AvgIpc) is 2.73. The normalized spacial score (nSPS) is 17.1. The van der Waals surface area contributed by atoms with E-state index in [1.807, 2.05) is 57.2 Å². The van der Waals surface area contributed by atoms with E-state index in [1.165, 1.54) is 9.87 Å². The molecule has 0 radical (unpaired) electrons. The smallest absolute Gasteiger partial charge is 0.278 e. The molecule has 6 nitrogen and oxygen atoms in total. The quantitative estimate of drug-likeness (QED) is 0.735. The summed E-state index contributed by atoms with van der Waals surface area (Å²) < 4.78 is 27.2. The number of sulfonamides is 1. The van der Waals surface area contributed by atoms with E-state index >= 15 is 0 Å². The summed E-state index contributed by atoms with van der Waals surface area (Å²) in [5, 5.41) is 3.00. The molecule has 0 aromatic heterocycles. The van der Waals surface area contributed by atoms with Crippen molar-refractivity contribution in [3.05, 3.63) is 65.2 Å². The van der Waals surface area contributed by atoms with Crippen LogP contribution in [0, 0.1) is 13.8 Å². The molecule has 7 heteroatoms. The molecule has 1 aliphatic heterocycles. The van der Waals surface area contributed by atoms with Gasteiger partial charge in [0.05, 0.1) is 31.1 Å². The van der Waals surface area contributed by atoms with Gasteiger partial charge < -0.3 is 10.2 Å². The molecule has 2 aromatic carbocycles. The SMILES string of the molecule is Cc1ccc(CNC(=O)[C@@H](C)[NH+]2CCN(S(=O)(=O)c3ccc(C)cc3)CC2)cc1. The van der Waals surface area contributed by atoms with E-state index in [0.717, 1.165) is 16.0 Å². The first-order valence-electron chi connectivity index (χ1n) is 10.0. The molecule has 1 aliphatic rings. The van der Waals surface area contributed by atoms with Crippen molar-refractivity contribution in [1.29, 1.82) is 0 Å². The zero-order valence-corrected chi connectivity index (χ0v) is 18.1. The Morgan fingerprint density at radius 3 is 2.07 bits per heavy atom. The topological polar surface area (TPSA) is 70.9 Å². The molecule has 0 bridgehead atoms. The average molecular weight is 417 g/mol. The van der Waals surface area contributed by atoms with Crippen molar-refractivity contribution in [3.63, 3.8) is 0 Å². The van der Waals surface area contributed by atoms with Crippen LogP contribution in [0.15, 0.2) is 53.4 Å². The maximum Gasteiger partial charge on any atom is 0.278 e. The van der Waals surface area contributed by atoms with E-state index in [1.54, 1.807) is 12.1 Å². The molecule has 0 spiro atoms. The number of piperazine rings is 1. The third kappa shape index (κ3) is 5.23. The number of nitrogens with one attached hydrogen (secondary N) is 2. The lowest BCUT2D eigenvalue weighted by molar-refractivity contribution is -0.917. The monoisotopic (exact) mass is 416 g/mol. The molecule has 0 aliphatic carbocycles. The largest absolute Gasteiger partial charge is 0.347 e. The summed E-state index contributed by atoms with van der Waals surface area (Å²) in [4.78, 5) is 14.0. The van der Waals surface area contributed by atoms with Gasteiger partial charge in [0.25, 0.3) is 5.91 Å². The maximum atomic E-state index is 12.8. The van der Waals surface area contributed by atoms with Gasteiger partial charge in [0.2, 0.25) is 10.0 Å². The molecule has 3 rings (SSSR count). The van der Waals surface area contributed by atoms with Crippen LogP contribution in [0.25, 0.3) is 0 Å². The number of benzene rings is 2. The van der Waals surface area contributed by atoms with Crippen LogP contribution in [-0.4, -0.2) is 50.9 Å². The minimum atomic E-state index is -3.48. The first-order valence-corrected chi connectivity index (χ1v) is 11.5. The first-order chi connectivity index (χ1) is 13.8. The summed E-state index contributed by atoms with van der Waals surface area (Å²) in [5.74, 6) is -0.00424. The second-order valence-electron chi connectivity index (χ2n) is 7.80. The van der Waals surface area contributed by atoms with Crippen LogP contribution < -0.4 is 10.2 Å². The summed E-state index contributed by atoms with van der Waals surface area (Å²) in [6, 6.07) is 14.8. The molecule has 29 heavy (non-hydrogen) atoms. The summed E-state index contributed by atoms with van der Waals surface area (Å²) in [6.45, 7) is 8.45. The lowest BCUT2D eigenvalue weighted by Crippen LogP contribution is -3.19. The van der Waals surface area contributed by atoms with Crippen LogP contribution in [0.4, 0.5) is 0 Å². The molecule has 1 heterocycles. The van der Waals surface area contributed by atoms with Gasteiger partial charge in [0.15, 0.2) is 6.04 Å². The number of hydrogen-bond acceptors (Lipinski definition) is 3. The number of carbonyl (C=O) groups is 1. The predicted molar refractivity (Wildman–Crippen MR) is 113 cm³/mol. The van der Waals surface area contributed by atoms with Crippen molar-refractivity contribution in [3.8, 4) is 0 Å². The molecule has 1 atom stereocenters. The highest BCUT2D eigenvalue weighted by molar-refractivity contribution is 7.89. The van der Waals surface area contributed by atoms with Crippen molar-refractivity contribution in [2.45, 2.75) is 38.3 Å². The van der Waals surface area contributed by atoms with E-state index in [9.17, 15) is 13.2 Å². The van der Waals surface area contributed by atoms with E-state index in [0.29, 0.717) is 37.6 Å². The number of aryl methyl sites for hydroxylation is 2. The Labute approximate surface area is 173 Å². The highest BCUT2D eigenvalue weighted by Crippen LogP contribution is 2.16. The highest BCUT2D eigenvalue weighted by Gasteiger charge is 2.34. The van der Waals surface area contributed by atoms with E-state index < -0.39 is 10.0 Å². The van der Waals surface area contributed by atoms with Gasteiger partial charge in [-0.3, -0.25) is 4.79 Å². The molecule has 1 fully saturated rings. The summed E-state index contributed by atoms with van der Waals surface area (Å²) in [7, 11) is -3.48. The van der Waals surface area contributed by atoms with Crippen LogP contribution in [0.3, 0.4) is 0 Å². The van der Waals surface area contributed by atoms with Crippen LogP contribution in [0.2, 0.25) is 0 Å². The van der Waals surface area contributed by atoms with Gasteiger partial charge in [-0.2, -0.15) is 4.31 Å². The lowest BCUT2D eigenvalue weighted by Gasteiger charge is -2.34. The first kappa shape index (κ1) is 21.5. The second-order valence-corrected chi connectivity index (χ2v) is 9.74. The fraction of sp³-hybridized carbons (Fsp3) is 0.409. The van der Waals surface area contributed by atoms with Gasteiger partial charge in [-0.1, -0.05) is 47.5 Å². The molecule has 1 saturated heterocycles. The zero-order valence-electron chi connectivity index (χ0n) is 17.3. The fourth-order valence-corrected chi connectivity index (χ4v) is 4.98. The number of quaternary nitrogens is 1. The molecule has 156 valence electrons. The van der Waals surface area contributed by atoms with E-state index in [4.69, 9.17) is 0 Å². The number of nitrogens with zero attached hydrogens (tertiary/aromatic N) is 1. The Hall–Kier alpha value is -2.22. The zero-order chi connectivity index (χ0) is 21.0.